The van der Waals surface area contributed by atoms with E-state index in [-0.39, 0.29) is 12.1 Å². The van der Waals surface area contributed by atoms with Gasteiger partial charge in [0.1, 0.15) is 0 Å². The quantitative estimate of drug-likeness (QED) is 0.909. The molecule has 2 fully saturated rings. The summed E-state index contributed by atoms with van der Waals surface area (Å²) in [5, 5.41) is 7.78. The van der Waals surface area contributed by atoms with Crippen molar-refractivity contribution in [2.24, 2.45) is 0 Å². The van der Waals surface area contributed by atoms with Crippen molar-refractivity contribution in [2.75, 3.05) is 26.2 Å². The molecule has 1 radical (unpaired) electrons. The summed E-state index contributed by atoms with van der Waals surface area (Å²) < 4.78 is 0. The molecule has 3 atom stereocenters. The molecule has 2 heterocycles. The van der Waals surface area contributed by atoms with Gasteiger partial charge in [0.25, 0.3) is 0 Å². The SMILES string of the molecule is CC(c1ccccc1)N1CCC[C@H]1C(=O)C1CNCC[N]1. The Morgan fingerprint density at radius 2 is 2.19 bits per heavy atom. The van der Waals surface area contributed by atoms with Crippen LogP contribution in [0.1, 0.15) is 31.4 Å². The van der Waals surface area contributed by atoms with Gasteiger partial charge in [-0.3, -0.25) is 9.69 Å². The van der Waals surface area contributed by atoms with Crippen LogP contribution in [0.4, 0.5) is 0 Å². The Balaban J connectivity index is 1.71. The zero-order valence-electron chi connectivity index (χ0n) is 12.7. The van der Waals surface area contributed by atoms with E-state index in [1.807, 2.05) is 6.07 Å². The lowest BCUT2D eigenvalue weighted by Crippen LogP contribution is -2.53. The van der Waals surface area contributed by atoms with Crippen LogP contribution in [-0.4, -0.2) is 48.9 Å². The van der Waals surface area contributed by atoms with E-state index < -0.39 is 0 Å². The molecule has 0 bridgehead atoms. The van der Waals surface area contributed by atoms with E-state index in [4.69, 9.17) is 0 Å². The van der Waals surface area contributed by atoms with Gasteiger partial charge < -0.3 is 5.32 Å². The first-order valence-corrected chi connectivity index (χ1v) is 7.99. The molecule has 0 saturated carbocycles. The lowest BCUT2D eigenvalue weighted by atomic mass is 9.99. The maximum absolute atomic E-state index is 12.8. The van der Waals surface area contributed by atoms with Crippen molar-refractivity contribution >= 4 is 5.78 Å². The summed E-state index contributed by atoms with van der Waals surface area (Å²) in [6.45, 7) is 5.59. The Bertz CT molecular complexity index is 470. The van der Waals surface area contributed by atoms with Crippen LogP contribution in [0.5, 0.6) is 0 Å². The van der Waals surface area contributed by atoms with Crippen LogP contribution in [0.25, 0.3) is 0 Å². The molecule has 2 aliphatic rings. The largest absolute Gasteiger partial charge is 0.313 e. The normalized spacial score (nSPS) is 28.4. The number of likely N-dealkylation sites (tertiary alicyclic amines) is 1. The highest BCUT2D eigenvalue weighted by Gasteiger charge is 2.37. The topological polar surface area (TPSA) is 46.4 Å². The second kappa shape index (κ2) is 6.69. The molecule has 4 heteroatoms. The Kier molecular flexibility index (Phi) is 4.68. The fourth-order valence-electron chi connectivity index (χ4n) is 3.50. The Morgan fingerprint density at radius 1 is 1.38 bits per heavy atom. The van der Waals surface area contributed by atoms with E-state index in [1.54, 1.807) is 0 Å². The molecule has 113 valence electrons. The van der Waals surface area contributed by atoms with Gasteiger partial charge in [-0.25, -0.2) is 5.32 Å². The first kappa shape index (κ1) is 14.7. The summed E-state index contributed by atoms with van der Waals surface area (Å²) >= 11 is 0. The second-order valence-corrected chi connectivity index (χ2v) is 6.01. The molecule has 1 aromatic carbocycles. The van der Waals surface area contributed by atoms with Crippen LogP contribution in [0.2, 0.25) is 0 Å². The van der Waals surface area contributed by atoms with E-state index in [0.717, 1.165) is 32.5 Å². The lowest BCUT2D eigenvalue weighted by Gasteiger charge is -2.33. The number of rotatable bonds is 4. The van der Waals surface area contributed by atoms with Gasteiger partial charge in [0.2, 0.25) is 0 Å². The summed E-state index contributed by atoms with van der Waals surface area (Å²) in [7, 11) is 0. The first-order valence-electron chi connectivity index (χ1n) is 7.99. The van der Waals surface area contributed by atoms with Crippen LogP contribution < -0.4 is 10.6 Å². The molecule has 0 aliphatic carbocycles. The summed E-state index contributed by atoms with van der Waals surface area (Å²) in [6.07, 6.45) is 2.08. The molecule has 1 N–H and O–H groups in total. The van der Waals surface area contributed by atoms with Crippen molar-refractivity contribution in [2.45, 2.75) is 37.9 Å². The highest BCUT2D eigenvalue weighted by Crippen LogP contribution is 2.30. The minimum Gasteiger partial charge on any atom is -0.313 e. The highest BCUT2D eigenvalue weighted by atomic mass is 16.1. The molecule has 2 unspecified atom stereocenters. The molecule has 21 heavy (non-hydrogen) atoms. The number of hydrogen-bond donors (Lipinski definition) is 1. The Morgan fingerprint density at radius 3 is 2.90 bits per heavy atom. The van der Waals surface area contributed by atoms with E-state index in [1.165, 1.54) is 5.56 Å². The maximum Gasteiger partial charge on any atom is 0.169 e. The van der Waals surface area contributed by atoms with Crippen molar-refractivity contribution in [3.05, 3.63) is 35.9 Å². The van der Waals surface area contributed by atoms with Gasteiger partial charge >= 0.3 is 0 Å². The van der Waals surface area contributed by atoms with E-state index in [0.29, 0.717) is 18.4 Å². The van der Waals surface area contributed by atoms with Gasteiger partial charge in [0, 0.05) is 25.7 Å². The van der Waals surface area contributed by atoms with Crippen molar-refractivity contribution in [3.8, 4) is 0 Å². The number of carbonyl (C=O) groups excluding carboxylic acids is 1. The summed E-state index contributed by atoms with van der Waals surface area (Å²) in [4.78, 5) is 15.1. The fraction of sp³-hybridized carbons (Fsp3) is 0.588. The third kappa shape index (κ3) is 3.18. The van der Waals surface area contributed by atoms with Crippen molar-refractivity contribution in [1.82, 2.24) is 15.5 Å². The number of benzene rings is 1. The van der Waals surface area contributed by atoms with Crippen molar-refractivity contribution in [1.29, 1.82) is 0 Å². The van der Waals surface area contributed by atoms with Crippen LogP contribution in [0, 0.1) is 0 Å². The van der Waals surface area contributed by atoms with Gasteiger partial charge in [0.05, 0.1) is 12.1 Å². The molecule has 1 aromatic rings. The number of Topliss-reactive ketones (excluding diaryl/α,β-unsaturated/α-hetero) is 1. The summed E-state index contributed by atoms with van der Waals surface area (Å²) in [5.41, 5.74) is 1.29. The van der Waals surface area contributed by atoms with Gasteiger partial charge in [-0.15, -0.1) is 0 Å². The zero-order valence-corrected chi connectivity index (χ0v) is 12.7. The van der Waals surface area contributed by atoms with Crippen LogP contribution in [-0.2, 0) is 4.79 Å². The Labute approximate surface area is 126 Å². The Hall–Kier alpha value is -1.23. The van der Waals surface area contributed by atoms with Gasteiger partial charge in [0.15, 0.2) is 5.78 Å². The van der Waals surface area contributed by atoms with E-state index >= 15 is 0 Å². The number of nitrogens with zero attached hydrogens (tertiary/aromatic N) is 2. The molecule has 0 aromatic heterocycles. The molecular weight excluding hydrogens is 262 g/mol. The summed E-state index contributed by atoms with van der Waals surface area (Å²) in [5.74, 6) is 0.308. The second-order valence-electron chi connectivity index (χ2n) is 6.01. The smallest absolute Gasteiger partial charge is 0.169 e. The third-order valence-electron chi connectivity index (χ3n) is 4.71. The van der Waals surface area contributed by atoms with Gasteiger partial charge in [-0.1, -0.05) is 30.3 Å². The zero-order chi connectivity index (χ0) is 14.7. The van der Waals surface area contributed by atoms with Crippen LogP contribution in [0.15, 0.2) is 30.3 Å². The van der Waals surface area contributed by atoms with E-state index in [2.05, 4.69) is 46.7 Å². The average Bonchev–Trinajstić information content (AvgIpc) is 3.04. The number of ketones is 1. The number of piperazine rings is 1. The highest BCUT2D eigenvalue weighted by molar-refractivity contribution is 5.89. The molecule has 0 amide bonds. The van der Waals surface area contributed by atoms with Crippen molar-refractivity contribution in [3.63, 3.8) is 0 Å². The molecule has 4 nitrogen and oxygen atoms in total. The van der Waals surface area contributed by atoms with Gasteiger partial charge in [-0.2, -0.15) is 0 Å². The lowest BCUT2D eigenvalue weighted by molar-refractivity contribution is -0.126. The summed E-state index contributed by atoms with van der Waals surface area (Å²) in [6, 6.07) is 10.7. The predicted octanol–water partition coefficient (Wildman–Crippen LogP) is 1.36. The fourth-order valence-corrected chi connectivity index (χ4v) is 3.50. The third-order valence-corrected chi connectivity index (χ3v) is 4.71. The monoisotopic (exact) mass is 286 g/mol. The maximum atomic E-state index is 12.8. The number of nitrogens with one attached hydrogen (secondary N) is 1. The molecular formula is C17H24N3O. The average molecular weight is 286 g/mol. The predicted molar refractivity (Wildman–Crippen MR) is 83.3 cm³/mol. The van der Waals surface area contributed by atoms with Crippen LogP contribution >= 0.6 is 0 Å². The van der Waals surface area contributed by atoms with E-state index in [9.17, 15) is 4.79 Å². The number of carbonyl (C=O) groups is 1. The number of hydrogen-bond acceptors (Lipinski definition) is 3. The van der Waals surface area contributed by atoms with Crippen molar-refractivity contribution < 1.29 is 4.79 Å². The first-order chi connectivity index (χ1) is 10.3. The standard InChI is InChI=1S/C17H24N3O/c1-13(14-6-3-2-4-7-14)20-11-5-8-16(20)17(21)15-12-18-9-10-19-15/h2-4,6-7,13,15-16,18H,5,8-12H2,1H3/t13?,15?,16-/m0/s1. The molecule has 2 aliphatic heterocycles. The van der Waals surface area contributed by atoms with Gasteiger partial charge in [-0.05, 0) is 31.9 Å². The van der Waals surface area contributed by atoms with Crippen LogP contribution in [0.3, 0.4) is 0 Å². The molecule has 3 rings (SSSR count). The minimum atomic E-state index is -0.146. The molecule has 0 spiro atoms. The minimum absolute atomic E-state index is 0.0360. The molecule has 2 saturated heterocycles.